The Morgan fingerprint density at radius 1 is 1.12 bits per heavy atom. The van der Waals surface area contributed by atoms with E-state index in [1.807, 2.05) is 0 Å². The maximum absolute atomic E-state index is 14.4. The second-order valence-electron chi connectivity index (χ2n) is 5.10. The highest BCUT2D eigenvalue weighted by atomic mass is 19.1. The van der Waals surface area contributed by atoms with Crippen LogP contribution in [0.3, 0.4) is 0 Å². The number of fused-ring (bicyclic) bond motifs is 1. The molecule has 0 spiro atoms. The summed E-state index contributed by atoms with van der Waals surface area (Å²) in [6.45, 7) is 0.171. The molecule has 0 radical (unpaired) electrons. The first-order valence-corrected chi connectivity index (χ1v) is 7.14. The number of hydrogen-bond acceptors (Lipinski definition) is 4. The zero-order chi connectivity index (χ0) is 17.3. The minimum absolute atomic E-state index is 0.0879. The summed E-state index contributed by atoms with van der Waals surface area (Å²) in [5.41, 5.74) is 0.816. The average molecular weight is 332 g/mol. The van der Waals surface area contributed by atoms with Gasteiger partial charge in [-0.15, -0.1) is 0 Å². The van der Waals surface area contributed by atoms with Crippen LogP contribution < -0.4 is 9.47 Å². The Labute approximate surface area is 137 Å². The SMILES string of the molecule is COC(=O)c1ccc2c(c1)C(c1c(F)cc(OC)cc1F)=CCO2. The van der Waals surface area contributed by atoms with E-state index in [0.29, 0.717) is 16.9 Å². The van der Waals surface area contributed by atoms with E-state index in [9.17, 15) is 13.6 Å². The van der Waals surface area contributed by atoms with Crippen LogP contribution in [0.25, 0.3) is 5.57 Å². The third kappa shape index (κ3) is 2.71. The molecule has 0 N–H and O–H groups in total. The Balaban J connectivity index is 2.15. The van der Waals surface area contributed by atoms with Crippen molar-refractivity contribution in [2.24, 2.45) is 0 Å². The summed E-state index contributed by atoms with van der Waals surface area (Å²) < 4.78 is 43.8. The van der Waals surface area contributed by atoms with Gasteiger partial charge in [-0.05, 0) is 29.8 Å². The second kappa shape index (κ2) is 6.31. The molecule has 4 nitrogen and oxygen atoms in total. The van der Waals surface area contributed by atoms with E-state index in [-0.39, 0.29) is 23.5 Å². The molecule has 3 rings (SSSR count). The molecule has 0 amide bonds. The molecule has 0 fully saturated rings. The highest BCUT2D eigenvalue weighted by Gasteiger charge is 2.23. The van der Waals surface area contributed by atoms with Crippen molar-refractivity contribution in [1.82, 2.24) is 0 Å². The van der Waals surface area contributed by atoms with Crippen LogP contribution in [-0.4, -0.2) is 26.8 Å². The van der Waals surface area contributed by atoms with Gasteiger partial charge in [0.1, 0.15) is 29.7 Å². The first-order chi connectivity index (χ1) is 11.5. The van der Waals surface area contributed by atoms with Crippen molar-refractivity contribution in [1.29, 1.82) is 0 Å². The Kier molecular flexibility index (Phi) is 4.20. The van der Waals surface area contributed by atoms with Crippen molar-refractivity contribution in [3.63, 3.8) is 0 Å². The summed E-state index contributed by atoms with van der Waals surface area (Å²) in [4.78, 5) is 11.7. The highest BCUT2D eigenvalue weighted by Crippen LogP contribution is 2.38. The molecule has 0 saturated carbocycles. The quantitative estimate of drug-likeness (QED) is 0.806. The predicted molar refractivity (Wildman–Crippen MR) is 83.3 cm³/mol. The van der Waals surface area contributed by atoms with Crippen molar-refractivity contribution in [3.05, 3.63) is 64.7 Å². The summed E-state index contributed by atoms with van der Waals surface area (Å²) in [7, 11) is 2.59. The lowest BCUT2D eigenvalue weighted by Crippen LogP contribution is -2.10. The summed E-state index contributed by atoms with van der Waals surface area (Å²) in [6, 6.07) is 6.83. The van der Waals surface area contributed by atoms with E-state index in [1.54, 1.807) is 12.1 Å². The van der Waals surface area contributed by atoms with Crippen molar-refractivity contribution in [2.75, 3.05) is 20.8 Å². The van der Waals surface area contributed by atoms with Crippen LogP contribution >= 0.6 is 0 Å². The van der Waals surface area contributed by atoms with Gasteiger partial charge >= 0.3 is 5.97 Å². The third-order valence-electron chi connectivity index (χ3n) is 3.74. The van der Waals surface area contributed by atoms with Gasteiger partial charge in [-0.2, -0.15) is 0 Å². The van der Waals surface area contributed by atoms with Crippen LogP contribution in [0.4, 0.5) is 8.78 Å². The molecule has 0 saturated heterocycles. The molecule has 0 aliphatic carbocycles. The summed E-state index contributed by atoms with van der Waals surface area (Å²) in [5, 5.41) is 0. The molecule has 1 heterocycles. The smallest absolute Gasteiger partial charge is 0.337 e. The normalized spacial score (nSPS) is 12.8. The maximum atomic E-state index is 14.4. The summed E-state index contributed by atoms with van der Waals surface area (Å²) in [5.74, 6) is -1.53. The third-order valence-corrected chi connectivity index (χ3v) is 3.74. The second-order valence-corrected chi connectivity index (χ2v) is 5.10. The van der Waals surface area contributed by atoms with Gasteiger partial charge in [0.15, 0.2) is 0 Å². The number of methoxy groups -OCH3 is 2. The molecule has 0 aromatic heterocycles. The van der Waals surface area contributed by atoms with Gasteiger partial charge in [-0.25, -0.2) is 13.6 Å². The zero-order valence-electron chi connectivity index (χ0n) is 13.1. The molecular formula is C18H14F2O4. The number of carbonyl (C=O) groups excluding carboxylic acids is 1. The lowest BCUT2D eigenvalue weighted by atomic mass is 9.93. The highest BCUT2D eigenvalue weighted by molar-refractivity contribution is 5.93. The summed E-state index contributed by atoms with van der Waals surface area (Å²) >= 11 is 0. The van der Waals surface area contributed by atoms with Gasteiger partial charge in [0.05, 0.1) is 25.3 Å². The van der Waals surface area contributed by atoms with Gasteiger partial charge in [0, 0.05) is 17.7 Å². The van der Waals surface area contributed by atoms with Gasteiger partial charge in [-0.1, -0.05) is 0 Å². The molecule has 1 aliphatic heterocycles. The standard InChI is InChI=1S/C18H14F2O4/c1-22-11-8-14(19)17(15(20)9-11)12-5-6-24-16-4-3-10(7-13(12)16)18(21)23-2/h3-5,7-9H,6H2,1-2H3. The number of rotatable bonds is 3. The fraction of sp³-hybridized carbons (Fsp3) is 0.167. The van der Waals surface area contributed by atoms with E-state index < -0.39 is 17.6 Å². The fourth-order valence-electron chi connectivity index (χ4n) is 2.60. The molecule has 2 aromatic rings. The molecule has 6 heteroatoms. The first-order valence-electron chi connectivity index (χ1n) is 7.14. The summed E-state index contributed by atoms with van der Waals surface area (Å²) in [6.07, 6.45) is 1.57. The number of hydrogen-bond donors (Lipinski definition) is 0. The molecule has 2 aromatic carbocycles. The van der Waals surface area contributed by atoms with E-state index >= 15 is 0 Å². The lowest BCUT2D eigenvalue weighted by molar-refractivity contribution is 0.0600. The minimum Gasteiger partial charge on any atom is -0.497 e. The van der Waals surface area contributed by atoms with Crippen LogP contribution in [0.1, 0.15) is 21.5 Å². The maximum Gasteiger partial charge on any atom is 0.337 e. The van der Waals surface area contributed by atoms with Gasteiger partial charge in [0.25, 0.3) is 0 Å². The Bertz CT molecular complexity index is 820. The average Bonchev–Trinajstić information content (AvgIpc) is 2.60. The van der Waals surface area contributed by atoms with Crippen LogP contribution in [0.15, 0.2) is 36.4 Å². The van der Waals surface area contributed by atoms with Gasteiger partial charge in [-0.3, -0.25) is 0 Å². The minimum atomic E-state index is -0.755. The largest absolute Gasteiger partial charge is 0.497 e. The zero-order valence-corrected chi connectivity index (χ0v) is 13.1. The molecule has 0 bridgehead atoms. The molecule has 0 unspecified atom stereocenters. The Morgan fingerprint density at radius 2 is 1.83 bits per heavy atom. The van der Waals surface area contributed by atoms with Gasteiger partial charge in [0.2, 0.25) is 0 Å². The van der Waals surface area contributed by atoms with E-state index in [1.165, 1.54) is 26.4 Å². The first kappa shape index (κ1) is 16.0. The number of ether oxygens (including phenoxy) is 3. The molecule has 24 heavy (non-hydrogen) atoms. The predicted octanol–water partition coefficient (Wildman–Crippen LogP) is 3.58. The molecule has 124 valence electrons. The van der Waals surface area contributed by atoms with E-state index in [2.05, 4.69) is 4.74 Å². The lowest BCUT2D eigenvalue weighted by Gasteiger charge is -2.20. The van der Waals surface area contributed by atoms with Crippen LogP contribution in [0, 0.1) is 11.6 Å². The molecular weight excluding hydrogens is 318 g/mol. The van der Waals surface area contributed by atoms with Crippen molar-refractivity contribution < 1.29 is 27.8 Å². The van der Waals surface area contributed by atoms with Crippen LogP contribution in [-0.2, 0) is 4.74 Å². The number of halogens is 2. The Morgan fingerprint density at radius 3 is 2.46 bits per heavy atom. The number of esters is 1. The van der Waals surface area contributed by atoms with Crippen LogP contribution in [0.5, 0.6) is 11.5 Å². The van der Waals surface area contributed by atoms with Crippen molar-refractivity contribution >= 4 is 11.5 Å². The molecule has 0 atom stereocenters. The van der Waals surface area contributed by atoms with Crippen LogP contribution in [0.2, 0.25) is 0 Å². The van der Waals surface area contributed by atoms with Crippen molar-refractivity contribution in [2.45, 2.75) is 0 Å². The van der Waals surface area contributed by atoms with E-state index in [0.717, 1.165) is 12.1 Å². The number of carbonyl (C=O) groups is 1. The van der Waals surface area contributed by atoms with E-state index in [4.69, 9.17) is 9.47 Å². The van der Waals surface area contributed by atoms with Crippen molar-refractivity contribution in [3.8, 4) is 11.5 Å². The Hall–Kier alpha value is -2.89. The monoisotopic (exact) mass is 332 g/mol. The topological polar surface area (TPSA) is 44.8 Å². The number of benzene rings is 2. The fourth-order valence-corrected chi connectivity index (χ4v) is 2.60. The molecule has 1 aliphatic rings. The van der Waals surface area contributed by atoms with Gasteiger partial charge < -0.3 is 14.2 Å².